The third-order valence-corrected chi connectivity index (χ3v) is 5.79. The molecule has 4 rings (SSSR count). The number of benzene rings is 1. The van der Waals surface area contributed by atoms with Gasteiger partial charge in [0.05, 0.1) is 11.5 Å². The first-order chi connectivity index (χ1) is 14.3. The van der Waals surface area contributed by atoms with Crippen molar-refractivity contribution in [3.8, 4) is 0 Å². The minimum absolute atomic E-state index is 0.106. The van der Waals surface area contributed by atoms with Crippen LogP contribution in [0.2, 0.25) is 0 Å². The number of rotatable bonds is 3. The first-order valence-electron chi connectivity index (χ1n) is 10.1. The zero-order valence-corrected chi connectivity index (χ0v) is 16.9. The number of hydrogen-bond donors (Lipinski definition) is 3. The molecule has 0 aliphatic carbocycles. The van der Waals surface area contributed by atoms with Crippen LogP contribution in [0.5, 0.6) is 0 Å². The highest BCUT2D eigenvalue weighted by Gasteiger charge is 2.36. The number of carbonyl (C=O) groups excluding carboxylic acids is 2. The Morgan fingerprint density at radius 1 is 1.23 bits per heavy atom. The van der Waals surface area contributed by atoms with Gasteiger partial charge < -0.3 is 15.5 Å². The quantitative estimate of drug-likeness (QED) is 0.717. The smallest absolute Gasteiger partial charge is 0.258 e. The molecular weight excluding hydrogens is 389 g/mol. The molecule has 8 nitrogen and oxygen atoms in total. The lowest BCUT2D eigenvalue weighted by Crippen LogP contribution is -2.46. The number of halogens is 1. The number of aromatic nitrogens is 2. The van der Waals surface area contributed by atoms with Gasteiger partial charge in [-0.2, -0.15) is 4.98 Å². The molecule has 3 heterocycles. The summed E-state index contributed by atoms with van der Waals surface area (Å²) in [4.78, 5) is 47.4. The number of fused-ring (bicyclic) bond motifs is 1. The Morgan fingerprint density at radius 3 is 2.67 bits per heavy atom. The van der Waals surface area contributed by atoms with Crippen LogP contribution < -0.4 is 21.1 Å². The molecule has 1 aromatic heterocycles. The fourth-order valence-electron chi connectivity index (χ4n) is 4.34. The molecule has 0 radical (unpaired) electrons. The van der Waals surface area contributed by atoms with Crippen LogP contribution in [0.4, 0.5) is 21.8 Å². The Labute approximate surface area is 172 Å². The zero-order chi connectivity index (χ0) is 21.4. The highest BCUT2D eigenvalue weighted by molar-refractivity contribution is 6.04. The molecule has 0 spiro atoms. The normalized spacial score (nSPS) is 23.5. The highest BCUT2D eigenvalue weighted by Crippen LogP contribution is 2.32. The Bertz CT molecular complexity index is 1040. The second kappa shape index (κ2) is 7.89. The molecule has 9 heteroatoms. The molecule has 1 saturated heterocycles. The molecular formula is C21H24FN5O3. The first-order valence-corrected chi connectivity index (χ1v) is 10.1. The lowest BCUT2D eigenvalue weighted by Gasteiger charge is -2.39. The van der Waals surface area contributed by atoms with E-state index in [-0.39, 0.29) is 35.6 Å². The molecule has 2 aromatic rings. The van der Waals surface area contributed by atoms with Gasteiger partial charge in [-0.15, -0.1) is 0 Å². The van der Waals surface area contributed by atoms with E-state index >= 15 is 0 Å². The largest absolute Gasteiger partial charge is 0.337 e. The van der Waals surface area contributed by atoms with E-state index < -0.39 is 29.1 Å². The molecule has 2 aliphatic heterocycles. The van der Waals surface area contributed by atoms with E-state index in [2.05, 4.69) is 34.4 Å². The summed E-state index contributed by atoms with van der Waals surface area (Å²) in [6.45, 7) is 4.14. The summed E-state index contributed by atoms with van der Waals surface area (Å²) in [5, 5.41) is 5.21. The predicted octanol–water partition coefficient (Wildman–Crippen LogP) is 2.74. The van der Waals surface area contributed by atoms with Gasteiger partial charge in [-0.05, 0) is 51.3 Å². The van der Waals surface area contributed by atoms with Gasteiger partial charge in [-0.3, -0.25) is 19.4 Å². The topological polar surface area (TPSA) is 107 Å². The van der Waals surface area contributed by atoms with Crippen molar-refractivity contribution in [2.24, 2.45) is 0 Å². The van der Waals surface area contributed by atoms with Crippen molar-refractivity contribution < 1.29 is 14.0 Å². The number of piperidine rings is 1. The van der Waals surface area contributed by atoms with Crippen LogP contribution in [0.25, 0.3) is 0 Å². The van der Waals surface area contributed by atoms with Gasteiger partial charge in [-0.1, -0.05) is 6.07 Å². The van der Waals surface area contributed by atoms with Crippen LogP contribution in [0, 0.1) is 5.82 Å². The lowest BCUT2D eigenvalue weighted by atomic mass is 9.92. The van der Waals surface area contributed by atoms with Crippen molar-refractivity contribution in [3.05, 3.63) is 46.0 Å². The second-order valence-corrected chi connectivity index (χ2v) is 7.99. The van der Waals surface area contributed by atoms with Crippen LogP contribution >= 0.6 is 0 Å². The third kappa shape index (κ3) is 3.79. The minimum Gasteiger partial charge on any atom is -0.337 e. The van der Waals surface area contributed by atoms with Crippen molar-refractivity contribution in [3.63, 3.8) is 0 Å². The lowest BCUT2D eigenvalue weighted by molar-refractivity contribution is -0.123. The van der Waals surface area contributed by atoms with Gasteiger partial charge in [0.2, 0.25) is 17.8 Å². The van der Waals surface area contributed by atoms with E-state index in [4.69, 9.17) is 0 Å². The SMILES string of the molecule is C[C@@H]1CCC[C@@H](C)N1c1nc2c(c(=O)[nH]1)[C@@H](C(=O)Nc1cccc(F)c1)CC(=O)N2. The van der Waals surface area contributed by atoms with Crippen LogP contribution in [0.1, 0.15) is 51.0 Å². The highest BCUT2D eigenvalue weighted by atomic mass is 19.1. The zero-order valence-electron chi connectivity index (χ0n) is 16.9. The maximum Gasteiger partial charge on any atom is 0.258 e. The van der Waals surface area contributed by atoms with Gasteiger partial charge in [0.1, 0.15) is 11.6 Å². The number of hydrogen-bond acceptors (Lipinski definition) is 5. The Kier molecular flexibility index (Phi) is 5.27. The fourth-order valence-corrected chi connectivity index (χ4v) is 4.34. The van der Waals surface area contributed by atoms with E-state index in [1.165, 1.54) is 24.3 Å². The van der Waals surface area contributed by atoms with Gasteiger partial charge in [0, 0.05) is 24.2 Å². The molecule has 0 bridgehead atoms. The fraction of sp³-hybridized carbons (Fsp3) is 0.429. The van der Waals surface area contributed by atoms with Gasteiger partial charge in [0.15, 0.2) is 0 Å². The summed E-state index contributed by atoms with van der Waals surface area (Å²) in [6, 6.07) is 5.83. The summed E-state index contributed by atoms with van der Waals surface area (Å²) >= 11 is 0. The van der Waals surface area contributed by atoms with Gasteiger partial charge in [-0.25, -0.2) is 4.39 Å². The third-order valence-electron chi connectivity index (χ3n) is 5.79. The summed E-state index contributed by atoms with van der Waals surface area (Å²) in [7, 11) is 0. The molecule has 0 unspecified atom stereocenters. The minimum atomic E-state index is -1.02. The van der Waals surface area contributed by atoms with Crippen LogP contribution in [0.3, 0.4) is 0 Å². The second-order valence-electron chi connectivity index (χ2n) is 7.99. The Balaban J connectivity index is 1.68. The van der Waals surface area contributed by atoms with E-state index in [0.717, 1.165) is 19.3 Å². The van der Waals surface area contributed by atoms with Gasteiger partial charge in [0.25, 0.3) is 5.56 Å². The van der Waals surface area contributed by atoms with Crippen LogP contribution in [-0.2, 0) is 9.59 Å². The number of aromatic amines is 1. The molecule has 30 heavy (non-hydrogen) atoms. The standard InChI is InChI=1S/C21H24FN5O3/c1-11-5-3-6-12(2)27(11)21-25-18-17(20(30)26-21)15(10-16(28)24-18)19(29)23-14-8-4-7-13(22)9-14/h4,7-9,11-12,15H,3,5-6,10H2,1-2H3,(H,23,29)(H2,24,25,26,28,30)/t11-,12-,15+/m1/s1. The molecule has 158 valence electrons. The van der Waals surface area contributed by atoms with Crippen molar-refractivity contribution in [1.29, 1.82) is 0 Å². The van der Waals surface area contributed by atoms with E-state index in [1.807, 2.05) is 4.90 Å². The predicted molar refractivity (Wildman–Crippen MR) is 111 cm³/mol. The molecule has 3 atom stereocenters. The number of amides is 2. The molecule has 2 aliphatic rings. The van der Waals surface area contributed by atoms with Crippen LogP contribution in [-0.4, -0.2) is 33.9 Å². The number of anilines is 3. The Hall–Kier alpha value is -3.23. The van der Waals surface area contributed by atoms with Gasteiger partial charge >= 0.3 is 0 Å². The maximum absolute atomic E-state index is 13.4. The summed E-state index contributed by atoms with van der Waals surface area (Å²) in [5.74, 6) is -1.97. The van der Waals surface area contributed by atoms with Crippen molar-refractivity contribution in [2.45, 2.75) is 57.5 Å². The summed E-state index contributed by atoms with van der Waals surface area (Å²) < 4.78 is 13.4. The average Bonchev–Trinajstić information content (AvgIpc) is 2.67. The molecule has 0 saturated carbocycles. The van der Waals surface area contributed by atoms with E-state index in [9.17, 15) is 18.8 Å². The maximum atomic E-state index is 13.4. The number of carbonyl (C=O) groups is 2. The molecule has 2 amide bonds. The first kappa shape index (κ1) is 20.1. The molecule has 1 aromatic carbocycles. The van der Waals surface area contributed by atoms with Crippen LogP contribution in [0.15, 0.2) is 29.1 Å². The van der Waals surface area contributed by atoms with E-state index in [0.29, 0.717) is 5.95 Å². The average molecular weight is 413 g/mol. The Morgan fingerprint density at radius 2 is 1.97 bits per heavy atom. The number of nitrogens with zero attached hydrogens (tertiary/aromatic N) is 2. The molecule has 1 fully saturated rings. The monoisotopic (exact) mass is 413 g/mol. The number of nitrogens with one attached hydrogen (secondary N) is 3. The summed E-state index contributed by atoms with van der Waals surface area (Å²) in [6.07, 6.45) is 2.88. The van der Waals surface area contributed by atoms with Crippen molar-refractivity contribution in [2.75, 3.05) is 15.5 Å². The molecule has 3 N–H and O–H groups in total. The van der Waals surface area contributed by atoms with Crippen molar-refractivity contribution >= 4 is 29.3 Å². The number of H-pyrrole nitrogens is 1. The van der Waals surface area contributed by atoms with E-state index in [1.54, 1.807) is 0 Å². The summed E-state index contributed by atoms with van der Waals surface area (Å²) in [5.41, 5.74) is -0.0894. The van der Waals surface area contributed by atoms with Crippen molar-refractivity contribution in [1.82, 2.24) is 9.97 Å².